The monoisotopic (exact) mass is 377 g/mol. The second-order valence-electron chi connectivity index (χ2n) is 6.70. The number of benzene rings is 1. The van der Waals surface area contributed by atoms with Crippen LogP contribution in [0, 0.1) is 20.8 Å². The quantitative estimate of drug-likeness (QED) is 0.526. The molecule has 0 aliphatic heterocycles. The molecule has 0 saturated carbocycles. The Bertz CT molecular complexity index is 1030. The number of anilines is 1. The minimum Gasteiger partial charge on any atom is -0.398 e. The number of allylic oxidation sites excluding steroid dienone is 5. The average molecular weight is 377 g/mol. The summed E-state index contributed by atoms with van der Waals surface area (Å²) in [6, 6.07) is 5.55. The van der Waals surface area contributed by atoms with E-state index in [1.165, 1.54) is 0 Å². The summed E-state index contributed by atoms with van der Waals surface area (Å²) in [6.45, 7) is 11.2. The molecule has 0 unspecified atom stereocenters. The molecule has 1 aromatic heterocycles. The number of rotatable bonds is 6. The van der Waals surface area contributed by atoms with Crippen molar-refractivity contribution in [3.8, 4) is 0 Å². The molecule has 0 bridgehead atoms. The smallest absolute Gasteiger partial charge is 0.253 e. The highest BCUT2D eigenvalue weighted by Gasteiger charge is 2.15. The number of hydrogen-bond acceptors (Lipinski definition) is 3. The molecule has 2 rings (SSSR count). The van der Waals surface area contributed by atoms with Crippen molar-refractivity contribution in [2.75, 3.05) is 5.73 Å². The summed E-state index contributed by atoms with van der Waals surface area (Å²) in [5, 5.41) is 2.84. The van der Waals surface area contributed by atoms with Gasteiger partial charge >= 0.3 is 0 Å². The number of amides is 1. The molecule has 5 heteroatoms. The second kappa shape index (κ2) is 9.04. The van der Waals surface area contributed by atoms with Crippen molar-refractivity contribution >= 4 is 17.2 Å². The predicted molar refractivity (Wildman–Crippen MR) is 116 cm³/mol. The molecule has 0 atom stereocenters. The lowest BCUT2D eigenvalue weighted by atomic mass is 9.97. The molecule has 0 fully saturated rings. The third kappa shape index (κ3) is 4.68. The molecule has 2 aromatic rings. The summed E-state index contributed by atoms with van der Waals surface area (Å²) in [5.74, 6) is -0.270. The Kier molecular flexibility index (Phi) is 6.77. The molecule has 28 heavy (non-hydrogen) atoms. The lowest BCUT2D eigenvalue weighted by Gasteiger charge is -2.14. The van der Waals surface area contributed by atoms with Gasteiger partial charge in [0, 0.05) is 29.1 Å². The van der Waals surface area contributed by atoms with Crippen LogP contribution in [0.1, 0.15) is 45.2 Å². The van der Waals surface area contributed by atoms with Gasteiger partial charge in [-0.05, 0) is 68.2 Å². The summed E-state index contributed by atoms with van der Waals surface area (Å²) < 4.78 is 0. The minimum atomic E-state index is -0.270. The van der Waals surface area contributed by atoms with Crippen molar-refractivity contribution in [2.24, 2.45) is 0 Å². The molecule has 0 aliphatic carbocycles. The van der Waals surface area contributed by atoms with E-state index in [1.807, 2.05) is 64.1 Å². The van der Waals surface area contributed by atoms with E-state index in [9.17, 15) is 9.59 Å². The molecule has 5 nitrogen and oxygen atoms in total. The molecule has 4 N–H and O–H groups in total. The zero-order chi connectivity index (χ0) is 20.8. The SMILES string of the molecule is C=C/C=C\C(=C/C)c1cc(N)c(C)c(C(=O)NCc2c(C)cc(C)[nH]c2=O)c1. The molecule has 0 spiro atoms. The van der Waals surface area contributed by atoms with Crippen LogP contribution in [0.2, 0.25) is 0 Å². The molecule has 1 amide bonds. The number of aryl methyl sites for hydroxylation is 2. The number of nitrogens with two attached hydrogens (primary N) is 1. The van der Waals surface area contributed by atoms with Gasteiger partial charge < -0.3 is 16.0 Å². The number of pyridine rings is 1. The van der Waals surface area contributed by atoms with Gasteiger partial charge in [-0.15, -0.1) is 0 Å². The van der Waals surface area contributed by atoms with Crippen molar-refractivity contribution in [3.05, 3.63) is 92.9 Å². The minimum absolute atomic E-state index is 0.149. The Balaban J connectivity index is 2.34. The largest absolute Gasteiger partial charge is 0.398 e. The number of carbonyl (C=O) groups is 1. The molecular weight excluding hydrogens is 350 g/mol. The fourth-order valence-corrected chi connectivity index (χ4v) is 3.04. The van der Waals surface area contributed by atoms with Crippen molar-refractivity contribution < 1.29 is 4.79 Å². The topological polar surface area (TPSA) is 88.0 Å². The van der Waals surface area contributed by atoms with Crippen LogP contribution in [0.25, 0.3) is 5.57 Å². The molecule has 0 radical (unpaired) electrons. The average Bonchev–Trinajstić information content (AvgIpc) is 2.63. The Hall–Kier alpha value is -3.34. The van der Waals surface area contributed by atoms with Gasteiger partial charge in [0.25, 0.3) is 11.5 Å². The third-order valence-electron chi connectivity index (χ3n) is 4.67. The van der Waals surface area contributed by atoms with Crippen molar-refractivity contribution in [3.63, 3.8) is 0 Å². The van der Waals surface area contributed by atoms with Crippen LogP contribution in [-0.2, 0) is 6.54 Å². The number of nitrogen functional groups attached to an aromatic ring is 1. The van der Waals surface area contributed by atoms with Crippen LogP contribution in [0.4, 0.5) is 5.69 Å². The summed E-state index contributed by atoms with van der Waals surface area (Å²) in [7, 11) is 0. The lowest BCUT2D eigenvalue weighted by Crippen LogP contribution is -2.28. The maximum Gasteiger partial charge on any atom is 0.253 e. The van der Waals surface area contributed by atoms with Crippen LogP contribution in [0.3, 0.4) is 0 Å². The molecule has 0 aliphatic rings. The van der Waals surface area contributed by atoms with E-state index in [1.54, 1.807) is 6.08 Å². The maximum absolute atomic E-state index is 12.8. The Morgan fingerprint density at radius 2 is 1.96 bits per heavy atom. The van der Waals surface area contributed by atoms with Gasteiger partial charge in [-0.3, -0.25) is 9.59 Å². The number of carbonyl (C=O) groups excluding carboxylic acids is 1. The zero-order valence-electron chi connectivity index (χ0n) is 16.8. The van der Waals surface area contributed by atoms with E-state index in [-0.39, 0.29) is 18.0 Å². The highest BCUT2D eigenvalue weighted by atomic mass is 16.1. The van der Waals surface area contributed by atoms with Gasteiger partial charge in [-0.2, -0.15) is 0 Å². The van der Waals surface area contributed by atoms with Crippen LogP contribution in [0.15, 0.2) is 53.9 Å². The first kappa shape index (κ1) is 21.0. The molecule has 1 heterocycles. The van der Waals surface area contributed by atoms with Crippen molar-refractivity contribution in [1.29, 1.82) is 0 Å². The highest BCUT2D eigenvalue weighted by Crippen LogP contribution is 2.25. The number of nitrogens with one attached hydrogen (secondary N) is 2. The maximum atomic E-state index is 12.8. The first-order valence-electron chi connectivity index (χ1n) is 9.12. The Morgan fingerprint density at radius 3 is 2.57 bits per heavy atom. The first-order valence-corrected chi connectivity index (χ1v) is 9.12. The fraction of sp³-hybridized carbons (Fsp3) is 0.217. The van der Waals surface area contributed by atoms with Crippen LogP contribution < -0.4 is 16.6 Å². The van der Waals surface area contributed by atoms with Gasteiger partial charge in [0.15, 0.2) is 0 Å². The van der Waals surface area contributed by atoms with Crippen LogP contribution >= 0.6 is 0 Å². The fourth-order valence-electron chi connectivity index (χ4n) is 3.04. The number of hydrogen-bond donors (Lipinski definition) is 3. The van der Waals surface area contributed by atoms with E-state index < -0.39 is 0 Å². The van der Waals surface area contributed by atoms with Crippen molar-refractivity contribution in [2.45, 2.75) is 34.2 Å². The zero-order valence-corrected chi connectivity index (χ0v) is 16.8. The van der Waals surface area contributed by atoms with Gasteiger partial charge in [-0.25, -0.2) is 0 Å². The Labute approximate surface area is 165 Å². The van der Waals surface area contributed by atoms with E-state index >= 15 is 0 Å². The summed E-state index contributed by atoms with van der Waals surface area (Å²) in [6.07, 6.45) is 7.38. The highest BCUT2D eigenvalue weighted by molar-refractivity contribution is 5.98. The molecule has 146 valence electrons. The van der Waals surface area contributed by atoms with Crippen LogP contribution in [-0.4, -0.2) is 10.9 Å². The summed E-state index contributed by atoms with van der Waals surface area (Å²) >= 11 is 0. The summed E-state index contributed by atoms with van der Waals surface area (Å²) in [4.78, 5) is 27.8. The second-order valence-corrected chi connectivity index (χ2v) is 6.70. The molecule has 1 aromatic carbocycles. The number of H-pyrrole nitrogens is 1. The lowest BCUT2D eigenvalue weighted by molar-refractivity contribution is 0.0950. The Morgan fingerprint density at radius 1 is 1.25 bits per heavy atom. The number of aromatic amines is 1. The summed E-state index contributed by atoms with van der Waals surface area (Å²) in [5.41, 5.74) is 11.7. The van der Waals surface area contributed by atoms with Gasteiger partial charge in [0.05, 0.1) is 0 Å². The van der Waals surface area contributed by atoms with E-state index in [0.29, 0.717) is 22.4 Å². The van der Waals surface area contributed by atoms with Crippen LogP contribution in [0.5, 0.6) is 0 Å². The molecular formula is C23H27N3O2. The normalized spacial score (nSPS) is 11.6. The van der Waals surface area contributed by atoms with E-state index in [0.717, 1.165) is 22.4 Å². The van der Waals surface area contributed by atoms with Gasteiger partial charge in [0.1, 0.15) is 0 Å². The molecule has 0 saturated heterocycles. The third-order valence-corrected chi connectivity index (χ3v) is 4.67. The standard InChI is InChI=1S/C23H27N3O2/c1-6-8-9-17(7-2)18-11-19(16(5)21(24)12-18)22(27)25-13-20-14(3)10-15(4)26-23(20)28/h6-12H,1,13,24H2,2-5H3,(H,25,27)(H,26,28)/b9-8-,17-7+. The first-order chi connectivity index (χ1) is 13.3. The predicted octanol–water partition coefficient (Wildman–Crippen LogP) is 3.96. The van der Waals surface area contributed by atoms with Gasteiger partial charge in [-0.1, -0.05) is 30.9 Å². The van der Waals surface area contributed by atoms with E-state index in [4.69, 9.17) is 5.73 Å². The van der Waals surface area contributed by atoms with E-state index in [2.05, 4.69) is 16.9 Å². The number of aromatic nitrogens is 1. The van der Waals surface area contributed by atoms with Gasteiger partial charge in [0.2, 0.25) is 0 Å². The van der Waals surface area contributed by atoms with Crippen molar-refractivity contribution in [1.82, 2.24) is 10.3 Å².